The second-order valence-corrected chi connectivity index (χ2v) is 8.16. The summed E-state index contributed by atoms with van der Waals surface area (Å²) in [7, 11) is 0. The fraction of sp³-hybridized carbons (Fsp3) is 0.125. The Morgan fingerprint density at radius 1 is 1.00 bits per heavy atom. The Hall–Kier alpha value is -3.52. The van der Waals surface area contributed by atoms with Gasteiger partial charge in [-0.05, 0) is 36.8 Å². The van der Waals surface area contributed by atoms with Crippen LogP contribution in [0.25, 0.3) is 10.9 Å². The SMILES string of the molecule is Cc1ccc(Cn2c(SCC(=O)Nc3c(F)cccc3F)nc3ccccc3c2=O)cc1. The van der Waals surface area contributed by atoms with Crippen LogP contribution in [0.5, 0.6) is 0 Å². The molecule has 0 fully saturated rings. The molecule has 0 saturated heterocycles. The van der Waals surface area contributed by atoms with E-state index in [1.54, 1.807) is 24.3 Å². The van der Waals surface area contributed by atoms with E-state index >= 15 is 0 Å². The van der Waals surface area contributed by atoms with Crippen LogP contribution in [0, 0.1) is 18.6 Å². The fourth-order valence-corrected chi connectivity index (χ4v) is 3.99. The highest BCUT2D eigenvalue weighted by molar-refractivity contribution is 7.99. The highest BCUT2D eigenvalue weighted by Gasteiger charge is 2.16. The van der Waals surface area contributed by atoms with E-state index in [1.807, 2.05) is 31.2 Å². The number of thioether (sulfide) groups is 1. The molecular weight excluding hydrogens is 432 g/mol. The van der Waals surface area contributed by atoms with Crippen LogP contribution in [0.2, 0.25) is 0 Å². The summed E-state index contributed by atoms with van der Waals surface area (Å²) in [5, 5.41) is 3.07. The third-order valence-electron chi connectivity index (χ3n) is 4.85. The number of nitrogens with one attached hydrogen (secondary N) is 1. The van der Waals surface area contributed by atoms with E-state index < -0.39 is 23.2 Å². The number of nitrogens with zero attached hydrogens (tertiary/aromatic N) is 2. The van der Waals surface area contributed by atoms with Gasteiger partial charge in [0.2, 0.25) is 5.91 Å². The van der Waals surface area contributed by atoms with Gasteiger partial charge < -0.3 is 5.32 Å². The summed E-state index contributed by atoms with van der Waals surface area (Å²) in [4.78, 5) is 30.1. The smallest absolute Gasteiger partial charge is 0.262 e. The molecule has 1 N–H and O–H groups in total. The zero-order valence-corrected chi connectivity index (χ0v) is 18.0. The number of carbonyl (C=O) groups is 1. The third-order valence-corrected chi connectivity index (χ3v) is 5.82. The Bertz CT molecular complexity index is 1330. The first-order chi connectivity index (χ1) is 15.4. The summed E-state index contributed by atoms with van der Waals surface area (Å²) in [5.41, 5.74) is 1.81. The molecule has 4 aromatic rings. The van der Waals surface area contributed by atoms with Gasteiger partial charge in [0, 0.05) is 0 Å². The molecule has 1 aromatic heterocycles. The number of aromatic nitrogens is 2. The van der Waals surface area contributed by atoms with Crippen molar-refractivity contribution in [2.45, 2.75) is 18.6 Å². The van der Waals surface area contributed by atoms with Crippen LogP contribution in [0.3, 0.4) is 0 Å². The zero-order chi connectivity index (χ0) is 22.7. The maximum Gasteiger partial charge on any atom is 0.262 e. The lowest BCUT2D eigenvalue weighted by atomic mass is 10.1. The monoisotopic (exact) mass is 451 g/mol. The van der Waals surface area contributed by atoms with Gasteiger partial charge >= 0.3 is 0 Å². The highest BCUT2D eigenvalue weighted by Crippen LogP contribution is 2.21. The number of halogens is 2. The summed E-state index contributed by atoms with van der Waals surface area (Å²) >= 11 is 1.03. The summed E-state index contributed by atoms with van der Waals surface area (Å²) < 4.78 is 29.1. The lowest BCUT2D eigenvalue weighted by molar-refractivity contribution is -0.113. The van der Waals surface area contributed by atoms with Crippen molar-refractivity contribution >= 4 is 34.3 Å². The van der Waals surface area contributed by atoms with E-state index in [1.165, 1.54) is 10.6 Å². The van der Waals surface area contributed by atoms with Crippen LogP contribution in [0.4, 0.5) is 14.5 Å². The molecule has 32 heavy (non-hydrogen) atoms. The molecule has 0 aliphatic heterocycles. The topological polar surface area (TPSA) is 64.0 Å². The molecule has 0 unspecified atom stereocenters. The molecule has 0 aliphatic carbocycles. The molecule has 0 spiro atoms. The molecule has 4 rings (SSSR count). The number of hydrogen-bond donors (Lipinski definition) is 1. The van der Waals surface area contributed by atoms with Crippen LogP contribution >= 0.6 is 11.8 Å². The molecule has 0 bridgehead atoms. The van der Waals surface area contributed by atoms with E-state index in [0.29, 0.717) is 16.1 Å². The maximum atomic E-state index is 13.8. The van der Waals surface area contributed by atoms with Crippen molar-refractivity contribution in [3.63, 3.8) is 0 Å². The number of aryl methyl sites for hydroxylation is 1. The Balaban J connectivity index is 1.62. The van der Waals surface area contributed by atoms with Gasteiger partial charge in [0.15, 0.2) is 5.16 Å². The van der Waals surface area contributed by atoms with Crippen molar-refractivity contribution < 1.29 is 13.6 Å². The van der Waals surface area contributed by atoms with E-state index in [9.17, 15) is 18.4 Å². The number of para-hydroxylation sites is 2. The lowest BCUT2D eigenvalue weighted by Gasteiger charge is -2.14. The number of carbonyl (C=O) groups excluding carboxylic acids is 1. The van der Waals surface area contributed by atoms with Gasteiger partial charge in [-0.1, -0.05) is 59.8 Å². The van der Waals surface area contributed by atoms with Crippen molar-refractivity contribution in [3.8, 4) is 0 Å². The summed E-state index contributed by atoms with van der Waals surface area (Å²) in [6, 6.07) is 18.1. The minimum Gasteiger partial charge on any atom is -0.320 e. The molecule has 5 nitrogen and oxygen atoms in total. The van der Waals surface area contributed by atoms with Gasteiger partial charge in [-0.15, -0.1) is 0 Å². The average molecular weight is 451 g/mol. The molecule has 3 aromatic carbocycles. The van der Waals surface area contributed by atoms with Crippen LogP contribution in [0.1, 0.15) is 11.1 Å². The van der Waals surface area contributed by atoms with Crippen LogP contribution < -0.4 is 10.9 Å². The van der Waals surface area contributed by atoms with E-state index in [-0.39, 0.29) is 17.9 Å². The summed E-state index contributed by atoms with van der Waals surface area (Å²) in [6.45, 7) is 2.26. The van der Waals surface area contributed by atoms with Gasteiger partial charge in [0.1, 0.15) is 17.3 Å². The number of anilines is 1. The number of hydrogen-bond acceptors (Lipinski definition) is 4. The normalized spacial score (nSPS) is 11.0. The van der Waals surface area contributed by atoms with Gasteiger partial charge in [-0.2, -0.15) is 0 Å². The first-order valence-electron chi connectivity index (χ1n) is 9.84. The van der Waals surface area contributed by atoms with E-state index in [4.69, 9.17) is 0 Å². The average Bonchev–Trinajstić information content (AvgIpc) is 2.78. The summed E-state index contributed by atoms with van der Waals surface area (Å²) in [6.07, 6.45) is 0. The van der Waals surface area contributed by atoms with Gasteiger partial charge in [0.25, 0.3) is 5.56 Å². The fourth-order valence-electron chi connectivity index (χ4n) is 3.20. The van der Waals surface area contributed by atoms with Crippen molar-refractivity contribution in [3.05, 3.63) is 99.8 Å². The van der Waals surface area contributed by atoms with Gasteiger partial charge in [-0.3, -0.25) is 14.2 Å². The number of rotatable bonds is 6. The Kier molecular flexibility index (Phi) is 6.32. The Morgan fingerprint density at radius 2 is 1.69 bits per heavy atom. The van der Waals surface area contributed by atoms with Crippen LogP contribution in [-0.4, -0.2) is 21.2 Å². The van der Waals surface area contributed by atoms with Crippen molar-refractivity contribution in [1.82, 2.24) is 9.55 Å². The first-order valence-corrected chi connectivity index (χ1v) is 10.8. The predicted octanol–water partition coefficient (Wildman–Crippen LogP) is 4.76. The molecule has 8 heteroatoms. The number of amides is 1. The Labute approximate surface area is 187 Å². The first kappa shape index (κ1) is 21.7. The molecule has 0 saturated carbocycles. The maximum absolute atomic E-state index is 13.8. The lowest BCUT2D eigenvalue weighted by Crippen LogP contribution is -2.25. The van der Waals surface area contributed by atoms with Crippen LogP contribution in [0.15, 0.2) is 76.7 Å². The molecule has 162 valence electrons. The highest BCUT2D eigenvalue weighted by atomic mass is 32.2. The molecule has 0 atom stereocenters. The van der Waals surface area contributed by atoms with Gasteiger partial charge in [0.05, 0.1) is 23.2 Å². The Morgan fingerprint density at radius 3 is 2.41 bits per heavy atom. The van der Waals surface area contributed by atoms with Crippen molar-refractivity contribution in [1.29, 1.82) is 0 Å². The minimum atomic E-state index is -0.858. The van der Waals surface area contributed by atoms with E-state index in [0.717, 1.165) is 35.0 Å². The minimum absolute atomic E-state index is 0.174. The number of fused-ring (bicyclic) bond motifs is 1. The van der Waals surface area contributed by atoms with Crippen molar-refractivity contribution in [2.24, 2.45) is 0 Å². The predicted molar refractivity (Wildman–Crippen MR) is 122 cm³/mol. The van der Waals surface area contributed by atoms with E-state index in [2.05, 4.69) is 10.3 Å². The summed E-state index contributed by atoms with van der Waals surface area (Å²) in [5.74, 6) is -2.50. The zero-order valence-electron chi connectivity index (χ0n) is 17.1. The second-order valence-electron chi connectivity index (χ2n) is 7.22. The largest absolute Gasteiger partial charge is 0.320 e. The standard InChI is InChI=1S/C24H19F2N3O2S/c1-15-9-11-16(12-10-15)13-29-23(31)17-5-2-3-8-20(17)27-24(29)32-14-21(30)28-22-18(25)6-4-7-19(22)26/h2-12H,13-14H2,1H3,(H,28,30). The van der Waals surface area contributed by atoms with Crippen molar-refractivity contribution in [2.75, 3.05) is 11.1 Å². The second kappa shape index (κ2) is 9.32. The third kappa shape index (κ3) is 4.70. The quantitative estimate of drug-likeness (QED) is 0.339. The molecule has 0 aliphatic rings. The number of benzene rings is 3. The molecular formula is C24H19F2N3O2S. The molecule has 0 radical (unpaired) electrons. The van der Waals surface area contributed by atoms with Crippen LogP contribution in [-0.2, 0) is 11.3 Å². The molecule has 1 amide bonds. The van der Waals surface area contributed by atoms with Gasteiger partial charge in [-0.25, -0.2) is 13.8 Å². The molecule has 1 heterocycles.